The monoisotopic (exact) mass is 319 g/mol. The Kier molecular flexibility index (Phi) is 4.08. The van der Waals surface area contributed by atoms with Gasteiger partial charge in [0.05, 0.1) is 10.0 Å². The summed E-state index contributed by atoms with van der Waals surface area (Å²) in [4.78, 5) is 6.81. The maximum absolute atomic E-state index is 6.15. The van der Waals surface area contributed by atoms with Crippen molar-refractivity contribution in [2.75, 3.05) is 18.4 Å². The van der Waals surface area contributed by atoms with Crippen molar-refractivity contribution in [3.8, 4) is 0 Å². The Labute approximate surface area is 128 Å². The van der Waals surface area contributed by atoms with E-state index in [0.717, 1.165) is 19.4 Å². The fourth-order valence-corrected chi connectivity index (χ4v) is 3.65. The molecule has 0 spiro atoms. The average Bonchev–Trinajstić information content (AvgIpc) is 2.83. The normalized spacial score (nSPS) is 27.3. The highest BCUT2D eigenvalue weighted by Gasteiger charge is 2.31. The summed E-state index contributed by atoms with van der Waals surface area (Å²) in [6.07, 6.45) is 4.90. The van der Waals surface area contributed by atoms with E-state index in [1.54, 1.807) is 6.07 Å². The Morgan fingerprint density at radius 2 is 2.00 bits per heavy atom. The Morgan fingerprint density at radius 3 is 2.84 bits per heavy atom. The van der Waals surface area contributed by atoms with Gasteiger partial charge in [0.2, 0.25) is 0 Å². The highest BCUT2D eigenvalue weighted by molar-refractivity contribution is 6.42. The van der Waals surface area contributed by atoms with E-state index in [4.69, 9.17) is 34.8 Å². The van der Waals surface area contributed by atoms with Gasteiger partial charge in [-0.1, -0.05) is 34.8 Å². The van der Waals surface area contributed by atoms with Crippen LogP contribution in [0.1, 0.15) is 25.7 Å². The molecule has 2 fully saturated rings. The average molecular weight is 321 g/mol. The third kappa shape index (κ3) is 2.94. The first-order valence-electron chi connectivity index (χ1n) is 6.65. The Morgan fingerprint density at radius 1 is 1.16 bits per heavy atom. The van der Waals surface area contributed by atoms with E-state index in [-0.39, 0.29) is 0 Å². The van der Waals surface area contributed by atoms with Gasteiger partial charge in [-0.05, 0) is 38.3 Å². The van der Waals surface area contributed by atoms with Gasteiger partial charge < -0.3 is 10.2 Å². The van der Waals surface area contributed by atoms with Gasteiger partial charge in [0.15, 0.2) is 0 Å². The number of nitrogens with one attached hydrogen (secondary N) is 1. The van der Waals surface area contributed by atoms with Gasteiger partial charge in [-0.3, -0.25) is 0 Å². The summed E-state index contributed by atoms with van der Waals surface area (Å²) in [6.45, 7) is 2.41. The van der Waals surface area contributed by atoms with Gasteiger partial charge in [-0.15, -0.1) is 0 Å². The summed E-state index contributed by atoms with van der Waals surface area (Å²) in [5.41, 5.74) is 0. The van der Waals surface area contributed by atoms with Crippen LogP contribution in [-0.2, 0) is 0 Å². The smallest absolute Gasteiger partial charge is 0.150 e. The minimum Gasteiger partial charge on any atom is -0.366 e. The molecule has 2 saturated heterocycles. The van der Waals surface area contributed by atoms with Gasteiger partial charge in [-0.2, -0.15) is 0 Å². The molecule has 2 aliphatic rings. The minimum absolute atomic E-state index is 0.298. The van der Waals surface area contributed by atoms with Crippen LogP contribution in [0.15, 0.2) is 6.07 Å². The Balaban J connectivity index is 1.70. The van der Waals surface area contributed by atoms with Crippen LogP contribution >= 0.6 is 34.8 Å². The lowest BCUT2D eigenvalue weighted by molar-refractivity contribution is 0.188. The van der Waals surface area contributed by atoms with Crippen molar-refractivity contribution < 1.29 is 0 Å². The molecule has 2 unspecified atom stereocenters. The third-order valence-electron chi connectivity index (χ3n) is 4.05. The fraction of sp³-hybridized carbons (Fsp3) is 0.615. The lowest BCUT2D eigenvalue weighted by atomic mass is 9.97. The number of pyridine rings is 1. The third-order valence-corrected chi connectivity index (χ3v) is 5.01. The second kappa shape index (κ2) is 5.65. The first kappa shape index (κ1) is 13.7. The van der Waals surface area contributed by atoms with Crippen molar-refractivity contribution in [1.82, 2.24) is 9.88 Å². The number of rotatable bonds is 2. The van der Waals surface area contributed by atoms with Crippen LogP contribution in [0.2, 0.25) is 15.2 Å². The maximum Gasteiger partial charge on any atom is 0.150 e. The topological polar surface area (TPSA) is 28.2 Å². The molecule has 0 bridgehead atoms. The van der Waals surface area contributed by atoms with Crippen LogP contribution in [0.4, 0.5) is 5.82 Å². The van der Waals surface area contributed by atoms with Gasteiger partial charge in [-0.25, -0.2) is 4.98 Å². The maximum atomic E-state index is 6.15. The van der Waals surface area contributed by atoms with Gasteiger partial charge in [0, 0.05) is 18.6 Å². The Bertz CT molecular complexity index is 480. The number of piperidine rings is 1. The lowest BCUT2D eigenvalue weighted by Crippen LogP contribution is -2.42. The van der Waals surface area contributed by atoms with E-state index in [1.807, 2.05) is 0 Å². The SMILES string of the molecule is Clc1cc(Cl)c(NC2CCN3CCCC3C2)nc1Cl. The van der Waals surface area contributed by atoms with Crippen molar-refractivity contribution in [1.29, 1.82) is 0 Å². The minimum atomic E-state index is 0.298. The number of anilines is 1. The second-order valence-electron chi connectivity index (χ2n) is 5.29. The van der Waals surface area contributed by atoms with Crippen molar-refractivity contribution in [3.63, 3.8) is 0 Å². The zero-order valence-corrected chi connectivity index (χ0v) is 12.8. The van der Waals surface area contributed by atoms with E-state index < -0.39 is 0 Å². The van der Waals surface area contributed by atoms with E-state index >= 15 is 0 Å². The summed E-state index contributed by atoms with van der Waals surface area (Å²) >= 11 is 18.0. The summed E-state index contributed by atoms with van der Waals surface area (Å²) in [5, 5.41) is 4.64. The van der Waals surface area contributed by atoms with E-state index in [9.17, 15) is 0 Å². The highest BCUT2D eigenvalue weighted by atomic mass is 35.5. The molecule has 6 heteroatoms. The summed E-state index contributed by atoms with van der Waals surface area (Å²) < 4.78 is 0. The quantitative estimate of drug-likeness (QED) is 0.832. The molecule has 0 radical (unpaired) electrons. The van der Waals surface area contributed by atoms with Crippen LogP contribution in [0.3, 0.4) is 0 Å². The van der Waals surface area contributed by atoms with Gasteiger partial charge in [0.1, 0.15) is 11.0 Å². The molecular weight excluding hydrogens is 305 g/mol. The lowest BCUT2D eigenvalue weighted by Gasteiger charge is -2.35. The van der Waals surface area contributed by atoms with Crippen LogP contribution in [0.5, 0.6) is 0 Å². The number of nitrogens with zero attached hydrogens (tertiary/aromatic N) is 2. The van der Waals surface area contributed by atoms with E-state index in [0.29, 0.717) is 33.1 Å². The first-order chi connectivity index (χ1) is 9.13. The highest BCUT2D eigenvalue weighted by Crippen LogP contribution is 2.32. The van der Waals surface area contributed by atoms with Crippen LogP contribution < -0.4 is 5.32 Å². The molecule has 3 rings (SSSR count). The molecule has 0 amide bonds. The van der Waals surface area contributed by atoms with Crippen molar-refractivity contribution in [2.24, 2.45) is 0 Å². The van der Waals surface area contributed by atoms with Crippen LogP contribution in [-0.4, -0.2) is 35.1 Å². The molecule has 1 aromatic rings. The number of hydrogen-bond donors (Lipinski definition) is 1. The number of aromatic nitrogens is 1. The molecule has 1 N–H and O–H groups in total. The molecule has 19 heavy (non-hydrogen) atoms. The molecule has 0 aromatic carbocycles. The van der Waals surface area contributed by atoms with Crippen LogP contribution in [0, 0.1) is 0 Å². The van der Waals surface area contributed by atoms with Gasteiger partial charge in [0.25, 0.3) is 0 Å². The molecular formula is C13H16Cl3N3. The predicted molar refractivity (Wildman–Crippen MR) is 80.5 cm³/mol. The van der Waals surface area contributed by atoms with E-state index in [1.165, 1.54) is 19.4 Å². The molecule has 3 nitrogen and oxygen atoms in total. The molecule has 0 aliphatic carbocycles. The molecule has 0 saturated carbocycles. The molecule has 2 aliphatic heterocycles. The first-order valence-corrected chi connectivity index (χ1v) is 7.79. The summed E-state index contributed by atoms with van der Waals surface area (Å²) in [5.74, 6) is 0.646. The van der Waals surface area contributed by atoms with Crippen molar-refractivity contribution in [2.45, 2.75) is 37.8 Å². The van der Waals surface area contributed by atoms with Crippen molar-refractivity contribution >= 4 is 40.6 Å². The summed E-state index contributed by atoms with van der Waals surface area (Å²) in [6, 6.07) is 2.78. The zero-order valence-electron chi connectivity index (χ0n) is 10.5. The molecule has 1 aromatic heterocycles. The Hall–Kier alpha value is -0.220. The standard InChI is InChI=1S/C13H16Cl3N3/c14-10-7-11(15)13(18-12(10)16)17-8-3-5-19-4-1-2-9(19)6-8/h7-9H,1-6H2,(H,17,18). The number of halogens is 3. The second-order valence-corrected chi connectivity index (χ2v) is 6.46. The van der Waals surface area contributed by atoms with E-state index in [2.05, 4.69) is 15.2 Å². The van der Waals surface area contributed by atoms with Crippen LogP contribution in [0.25, 0.3) is 0 Å². The number of fused-ring (bicyclic) bond motifs is 1. The zero-order chi connectivity index (χ0) is 13.4. The largest absolute Gasteiger partial charge is 0.366 e. The van der Waals surface area contributed by atoms with Crippen molar-refractivity contribution in [3.05, 3.63) is 21.3 Å². The summed E-state index contributed by atoms with van der Waals surface area (Å²) in [7, 11) is 0. The molecule has 104 valence electrons. The fourth-order valence-electron chi connectivity index (χ4n) is 3.09. The van der Waals surface area contributed by atoms with Gasteiger partial charge >= 0.3 is 0 Å². The molecule has 2 atom stereocenters. The predicted octanol–water partition coefficient (Wildman–Crippen LogP) is 4.08. The number of hydrogen-bond acceptors (Lipinski definition) is 3. The molecule has 3 heterocycles.